The van der Waals surface area contributed by atoms with Crippen LogP contribution >= 0.6 is 11.6 Å². The van der Waals surface area contributed by atoms with E-state index in [9.17, 15) is 8.42 Å². The van der Waals surface area contributed by atoms with Crippen molar-refractivity contribution in [3.05, 3.63) is 83.4 Å². The minimum absolute atomic E-state index is 0.226. The third-order valence-corrected chi connectivity index (χ3v) is 8.59. The van der Waals surface area contributed by atoms with Gasteiger partial charge in [0.1, 0.15) is 0 Å². The molecule has 1 aliphatic heterocycles. The molecule has 0 amide bonds. The first-order valence-corrected chi connectivity index (χ1v) is 12.5. The topological polar surface area (TPSA) is 58.2 Å². The quantitative estimate of drug-likeness (QED) is 0.493. The van der Waals surface area contributed by atoms with Gasteiger partial charge in [-0.2, -0.15) is 0 Å². The van der Waals surface area contributed by atoms with Gasteiger partial charge in [-0.25, -0.2) is 13.1 Å². The zero-order valence-electron chi connectivity index (χ0n) is 17.2. The van der Waals surface area contributed by atoms with Crippen LogP contribution in [0.5, 0.6) is 0 Å². The summed E-state index contributed by atoms with van der Waals surface area (Å²) in [7, 11) is -3.60. The van der Waals surface area contributed by atoms with E-state index in [4.69, 9.17) is 11.6 Å². The summed E-state index contributed by atoms with van der Waals surface area (Å²) < 4.78 is 28.4. The summed E-state index contributed by atoms with van der Waals surface area (Å²) in [5.74, 6) is 0. The van der Waals surface area contributed by atoms with Crippen LogP contribution in [0.25, 0.3) is 10.8 Å². The molecule has 2 aliphatic rings. The molecule has 0 saturated heterocycles. The van der Waals surface area contributed by atoms with Crippen molar-refractivity contribution in [2.24, 2.45) is 0 Å². The Hall–Kier alpha value is -2.34. The molecule has 2 atom stereocenters. The van der Waals surface area contributed by atoms with Gasteiger partial charge in [0.05, 0.1) is 4.90 Å². The molecule has 2 N–H and O–H groups in total. The van der Waals surface area contributed by atoms with Crippen molar-refractivity contribution in [1.82, 2.24) is 4.72 Å². The van der Waals surface area contributed by atoms with E-state index in [1.54, 1.807) is 12.1 Å². The van der Waals surface area contributed by atoms with Gasteiger partial charge in [0.2, 0.25) is 10.0 Å². The molecule has 4 nitrogen and oxygen atoms in total. The Morgan fingerprint density at radius 1 is 1.10 bits per heavy atom. The Kier molecular flexibility index (Phi) is 5.08. The van der Waals surface area contributed by atoms with Crippen LogP contribution in [-0.2, 0) is 15.4 Å². The molecule has 6 heteroatoms. The molecule has 1 fully saturated rings. The van der Waals surface area contributed by atoms with Gasteiger partial charge in [0.15, 0.2) is 0 Å². The monoisotopic (exact) mass is 452 g/mol. The van der Waals surface area contributed by atoms with Crippen molar-refractivity contribution < 1.29 is 8.42 Å². The Balaban J connectivity index is 1.47. The number of sulfonamides is 1. The van der Waals surface area contributed by atoms with Gasteiger partial charge < -0.3 is 5.32 Å². The maximum absolute atomic E-state index is 12.8. The number of rotatable bonds is 5. The Labute approximate surface area is 188 Å². The van der Waals surface area contributed by atoms with Crippen molar-refractivity contribution in [3.8, 4) is 0 Å². The van der Waals surface area contributed by atoms with Gasteiger partial charge in [-0.05, 0) is 60.9 Å². The molecule has 1 heterocycles. The number of fused-ring (bicyclic) bond motifs is 5. The smallest absolute Gasteiger partial charge is 0.240 e. The highest BCUT2D eigenvalue weighted by atomic mass is 35.5. The van der Waals surface area contributed by atoms with Gasteiger partial charge in [0, 0.05) is 34.1 Å². The highest BCUT2D eigenvalue weighted by Crippen LogP contribution is 2.54. The predicted molar refractivity (Wildman–Crippen MR) is 127 cm³/mol. The highest BCUT2D eigenvalue weighted by Gasteiger charge is 2.50. The van der Waals surface area contributed by atoms with Crippen LogP contribution in [0.2, 0.25) is 5.02 Å². The first-order chi connectivity index (χ1) is 14.9. The number of anilines is 1. The zero-order chi connectivity index (χ0) is 21.6. The van der Waals surface area contributed by atoms with E-state index in [2.05, 4.69) is 53.0 Å². The van der Waals surface area contributed by atoms with E-state index in [1.165, 1.54) is 39.7 Å². The van der Waals surface area contributed by atoms with Crippen molar-refractivity contribution in [2.75, 3.05) is 11.9 Å². The third kappa shape index (κ3) is 3.36. The lowest BCUT2D eigenvalue weighted by molar-refractivity contribution is 0.344. The second kappa shape index (κ2) is 7.66. The van der Waals surface area contributed by atoms with Crippen LogP contribution in [-0.4, -0.2) is 21.0 Å². The van der Waals surface area contributed by atoms with Crippen LogP contribution in [0.4, 0.5) is 5.69 Å². The molecule has 0 bridgehead atoms. The molecule has 0 unspecified atom stereocenters. The lowest BCUT2D eigenvalue weighted by Crippen LogP contribution is -2.45. The first-order valence-electron chi connectivity index (χ1n) is 10.6. The molecule has 1 saturated carbocycles. The van der Waals surface area contributed by atoms with Crippen LogP contribution in [0, 0.1) is 0 Å². The van der Waals surface area contributed by atoms with Crippen molar-refractivity contribution >= 4 is 38.1 Å². The van der Waals surface area contributed by atoms with Crippen LogP contribution in [0.1, 0.15) is 31.2 Å². The van der Waals surface area contributed by atoms with Gasteiger partial charge in [-0.3, -0.25) is 0 Å². The van der Waals surface area contributed by atoms with Gasteiger partial charge >= 0.3 is 0 Å². The van der Waals surface area contributed by atoms with Gasteiger partial charge in [-0.15, -0.1) is 0 Å². The average molecular weight is 453 g/mol. The van der Waals surface area contributed by atoms with Crippen molar-refractivity contribution in [1.29, 1.82) is 0 Å². The first kappa shape index (κ1) is 20.6. The number of halogens is 1. The summed E-state index contributed by atoms with van der Waals surface area (Å²) in [6.45, 7) is 4.80. The summed E-state index contributed by atoms with van der Waals surface area (Å²) in [6.07, 6.45) is 3.78. The number of hydrogen-bond donors (Lipinski definition) is 2. The zero-order valence-corrected chi connectivity index (χ0v) is 18.8. The van der Waals surface area contributed by atoms with Crippen molar-refractivity contribution in [2.45, 2.75) is 42.0 Å². The van der Waals surface area contributed by atoms with E-state index in [0.717, 1.165) is 19.3 Å². The predicted octanol–water partition coefficient (Wildman–Crippen LogP) is 5.63. The molecule has 1 aliphatic carbocycles. The fourth-order valence-corrected chi connectivity index (χ4v) is 6.51. The molecule has 5 rings (SSSR count). The molecule has 3 aromatic rings. The number of benzene rings is 3. The summed E-state index contributed by atoms with van der Waals surface area (Å²) in [4.78, 5) is 0.226. The average Bonchev–Trinajstić information content (AvgIpc) is 3.10. The molecular weight excluding hydrogens is 428 g/mol. The molecular formula is C25H25ClN2O2S. The Bertz CT molecular complexity index is 1270. The molecule has 0 spiro atoms. The SMILES string of the molecule is C=C1CCC[C@@H]2Nc3c(ccc4ccccc34)[C@]12CCNS(=O)(=O)c1ccc(Cl)cc1. The summed E-state index contributed by atoms with van der Waals surface area (Å²) in [5.41, 5.74) is 3.34. The third-order valence-electron chi connectivity index (χ3n) is 6.86. The lowest BCUT2D eigenvalue weighted by atomic mass is 9.63. The number of hydrogen-bond acceptors (Lipinski definition) is 3. The normalized spacial score (nSPS) is 22.7. The minimum atomic E-state index is -3.60. The number of nitrogens with one attached hydrogen (secondary N) is 2. The summed E-state index contributed by atoms with van der Waals surface area (Å²) in [5, 5.41) is 6.71. The van der Waals surface area contributed by atoms with E-state index in [0.29, 0.717) is 18.0 Å². The fraction of sp³-hybridized carbons (Fsp3) is 0.280. The maximum Gasteiger partial charge on any atom is 0.240 e. The largest absolute Gasteiger partial charge is 0.380 e. The van der Waals surface area contributed by atoms with E-state index in [-0.39, 0.29) is 16.4 Å². The second-order valence-electron chi connectivity index (χ2n) is 8.48. The summed E-state index contributed by atoms with van der Waals surface area (Å²) >= 11 is 5.90. The summed E-state index contributed by atoms with van der Waals surface area (Å²) in [6, 6.07) is 19.2. The van der Waals surface area contributed by atoms with Gasteiger partial charge in [-0.1, -0.05) is 60.2 Å². The lowest BCUT2D eigenvalue weighted by Gasteiger charge is -2.42. The Morgan fingerprint density at radius 2 is 1.87 bits per heavy atom. The van der Waals surface area contributed by atoms with Crippen LogP contribution in [0.3, 0.4) is 0 Å². The standard InChI is InChI=1S/C25H25ClN2O2S/c1-17-5-4-8-23-25(17,15-16-27-31(29,30)20-12-10-19(26)11-13-20)22-14-9-18-6-2-3-7-21(18)24(22)28-23/h2-3,6-7,9-14,23,27-28H,1,4-5,8,15-16H2/t23-,25-/m0/s1. The van der Waals surface area contributed by atoms with Crippen LogP contribution in [0.15, 0.2) is 77.7 Å². The maximum atomic E-state index is 12.8. The molecule has 3 aromatic carbocycles. The molecule has 0 aromatic heterocycles. The van der Waals surface area contributed by atoms with E-state index >= 15 is 0 Å². The Morgan fingerprint density at radius 3 is 2.68 bits per heavy atom. The molecule has 0 radical (unpaired) electrons. The van der Waals surface area contributed by atoms with E-state index in [1.807, 2.05) is 0 Å². The molecule has 160 valence electrons. The fourth-order valence-electron chi connectivity index (χ4n) is 5.35. The highest BCUT2D eigenvalue weighted by molar-refractivity contribution is 7.89. The molecule has 31 heavy (non-hydrogen) atoms. The minimum Gasteiger partial charge on any atom is -0.380 e. The van der Waals surface area contributed by atoms with Crippen molar-refractivity contribution in [3.63, 3.8) is 0 Å². The second-order valence-corrected chi connectivity index (χ2v) is 10.7. The van der Waals surface area contributed by atoms with Gasteiger partial charge in [0.25, 0.3) is 0 Å². The van der Waals surface area contributed by atoms with Crippen LogP contribution < -0.4 is 10.0 Å². The van der Waals surface area contributed by atoms with E-state index < -0.39 is 10.0 Å².